The number of benzene rings is 2. The summed E-state index contributed by atoms with van der Waals surface area (Å²) in [5.41, 5.74) is 2.43. The molecule has 27 heavy (non-hydrogen) atoms. The third kappa shape index (κ3) is 5.86. The van der Waals surface area contributed by atoms with Gasteiger partial charge in [0.15, 0.2) is 0 Å². The standard InChI is InChI=1S/C19H22Cl2N2O3S/c1-4-14-5-7-15(8-6-14)13(2)22-19(24)12-23(27(3,25)26)16-9-10-17(20)18(21)11-16/h5-11,13H,4,12H2,1-3H3,(H,22,24)/t13-/m0/s1. The first kappa shape index (κ1) is 21.5. The van der Waals surface area contributed by atoms with Crippen LogP contribution in [-0.2, 0) is 21.2 Å². The molecule has 0 saturated carbocycles. The minimum Gasteiger partial charge on any atom is -0.348 e. The molecule has 2 rings (SSSR count). The summed E-state index contributed by atoms with van der Waals surface area (Å²) in [6.45, 7) is 3.57. The molecule has 0 unspecified atom stereocenters. The van der Waals surface area contributed by atoms with Crippen LogP contribution in [-0.4, -0.2) is 27.1 Å². The van der Waals surface area contributed by atoms with Gasteiger partial charge in [0.2, 0.25) is 15.9 Å². The Morgan fingerprint density at radius 1 is 1.11 bits per heavy atom. The summed E-state index contributed by atoms with van der Waals surface area (Å²) in [5, 5.41) is 3.35. The Hall–Kier alpha value is -1.76. The lowest BCUT2D eigenvalue weighted by molar-refractivity contribution is -0.120. The average molecular weight is 429 g/mol. The second-order valence-corrected chi connectivity index (χ2v) is 8.97. The number of aryl methyl sites for hydroxylation is 1. The molecule has 0 aliphatic rings. The van der Waals surface area contributed by atoms with Gasteiger partial charge in [-0.2, -0.15) is 0 Å². The number of hydrogen-bond acceptors (Lipinski definition) is 3. The molecule has 0 bridgehead atoms. The zero-order valence-corrected chi connectivity index (χ0v) is 17.7. The number of nitrogens with one attached hydrogen (secondary N) is 1. The van der Waals surface area contributed by atoms with E-state index in [1.165, 1.54) is 23.8 Å². The Morgan fingerprint density at radius 2 is 1.74 bits per heavy atom. The fourth-order valence-electron chi connectivity index (χ4n) is 2.58. The average Bonchev–Trinajstić information content (AvgIpc) is 2.61. The molecule has 1 N–H and O–H groups in total. The second-order valence-electron chi connectivity index (χ2n) is 6.25. The van der Waals surface area contributed by atoms with E-state index in [2.05, 4.69) is 12.2 Å². The number of halogens is 2. The van der Waals surface area contributed by atoms with Crippen molar-refractivity contribution in [2.45, 2.75) is 26.3 Å². The molecule has 0 heterocycles. The van der Waals surface area contributed by atoms with Crippen molar-refractivity contribution in [3.05, 3.63) is 63.6 Å². The first-order valence-electron chi connectivity index (χ1n) is 8.42. The fourth-order valence-corrected chi connectivity index (χ4v) is 3.72. The van der Waals surface area contributed by atoms with Crippen molar-refractivity contribution in [1.29, 1.82) is 0 Å². The number of nitrogens with zero attached hydrogens (tertiary/aromatic N) is 1. The monoisotopic (exact) mass is 428 g/mol. The number of hydrogen-bond donors (Lipinski definition) is 1. The topological polar surface area (TPSA) is 66.5 Å². The molecule has 8 heteroatoms. The maximum atomic E-state index is 12.5. The van der Waals surface area contributed by atoms with Crippen LogP contribution in [0.5, 0.6) is 0 Å². The third-order valence-corrected chi connectivity index (χ3v) is 6.02. The third-order valence-electron chi connectivity index (χ3n) is 4.14. The quantitative estimate of drug-likeness (QED) is 0.718. The van der Waals surface area contributed by atoms with Crippen molar-refractivity contribution >= 4 is 44.8 Å². The van der Waals surface area contributed by atoms with Crippen molar-refractivity contribution in [2.75, 3.05) is 17.1 Å². The molecular formula is C19H22Cl2N2O3S. The van der Waals surface area contributed by atoms with E-state index in [0.717, 1.165) is 22.5 Å². The van der Waals surface area contributed by atoms with Gasteiger partial charge in [-0.3, -0.25) is 9.10 Å². The van der Waals surface area contributed by atoms with E-state index in [9.17, 15) is 13.2 Å². The highest BCUT2D eigenvalue weighted by atomic mass is 35.5. The van der Waals surface area contributed by atoms with Crippen LogP contribution in [0.1, 0.15) is 31.0 Å². The lowest BCUT2D eigenvalue weighted by Gasteiger charge is -2.23. The Morgan fingerprint density at radius 3 is 2.26 bits per heavy atom. The van der Waals surface area contributed by atoms with Gasteiger partial charge in [-0.15, -0.1) is 0 Å². The van der Waals surface area contributed by atoms with Crippen molar-refractivity contribution in [3.8, 4) is 0 Å². The maximum absolute atomic E-state index is 12.5. The number of amides is 1. The number of anilines is 1. The summed E-state index contributed by atoms with van der Waals surface area (Å²) < 4.78 is 25.3. The first-order chi connectivity index (χ1) is 12.6. The lowest BCUT2D eigenvalue weighted by Crippen LogP contribution is -2.41. The van der Waals surface area contributed by atoms with Crippen LogP contribution in [0.25, 0.3) is 0 Å². The van der Waals surface area contributed by atoms with Crippen LogP contribution in [0.3, 0.4) is 0 Å². The van der Waals surface area contributed by atoms with Gasteiger partial charge in [0.05, 0.1) is 28.0 Å². The molecule has 146 valence electrons. The lowest BCUT2D eigenvalue weighted by atomic mass is 10.1. The van der Waals surface area contributed by atoms with Crippen LogP contribution in [0, 0.1) is 0 Å². The molecule has 2 aromatic carbocycles. The van der Waals surface area contributed by atoms with Gasteiger partial charge in [0.1, 0.15) is 6.54 Å². The molecular weight excluding hydrogens is 407 g/mol. The molecule has 0 saturated heterocycles. The maximum Gasteiger partial charge on any atom is 0.241 e. The molecule has 0 fully saturated rings. The summed E-state index contributed by atoms with van der Waals surface area (Å²) in [7, 11) is -3.68. The van der Waals surface area contributed by atoms with Gasteiger partial charge in [-0.25, -0.2) is 8.42 Å². The van der Waals surface area contributed by atoms with Gasteiger partial charge in [-0.1, -0.05) is 54.4 Å². The summed E-state index contributed by atoms with van der Waals surface area (Å²) >= 11 is 11.9. The van der Waals surface area contributed by atoms with E-state index in [1.807, 2.05) is 31.2 Å². The fraction of sp³-hybridized carbons (Fsp3) is 0.316. The number of carbonyl (C=O) groups is 1. The van der Waals surface area contributed by atoms with Crippen LogP contribution in [0.4, 0.5) is 5.69 Å². The molecule has 0 spiro atoms. The van der Waals surface area contributed by atoms with E-state index in [1.54, 1.807) is 0 Å². The Kier molecular flexibility index (Phi) is 7.14. The summed E-state index contributed by atoms with van der Waals surface area (Å²) in [6.07, 6.45) is 1.98. The van der Waals surface area contributed by atoms with Crippen molar-refractivity contribution < 1.29 is 13.2 Å². The molecule has 1 atom stereocenters. The predicted molar refractivity (Wildman–Crippen MR) is 111 cm³/mol. The van der Waals surface area contributed by atoms with E-state index in [-0.39, 0.29) is 23.3 Å². The second kappa shape index (κ2) is 8.95. The van der Waals surface area contributed by atoms with E-state index < -0.39 is 15.9 Å². The normalized spacial score (nSPS) is 12.5. The van der Waals surface area contributed by atoms with E-state index in [4.69, 9.17) is 23.2 Å². The highest BCUT2D eigenvalue weighted by molar-refractivity contribution is 7.92. The zero-order chi connectivity index (χ0) is 20.2. The predicted octanol–water partition coefficient (Wildman–Crippen LogP) is 4.20. The van der Waals surface area contributed by atoms with Crippen molar-refractivity contribution in [1.82, 2.24) is 5.32 Å². The highest BCUT2D eigenvalue weighted by Gasteiger charge is 2.22. The van der Waals surface area contributed by atoms with Gasteiger partial charge in [0.25, 0.3) is 0 Å². The van der Waals surface area contributed by atoms with Crippen LogP contribution < -0.4 is 9.62 Å². The molecule has 0 aliphatic heterocycles. The number of carbonyl (C=O) groups excluding carboxylic acids is 1. The molecule has 0 radical (unpaired) electrons. The van der Waals surface area contributed by atoms with Gasteiger partial charge in [-0.05, 0) is 42.7 Å². The van der Waals surface area contributed by atoms with Crippen molar-refractivity contribution in [3.63, 3.8) is 0 Å². The number of sulfonamides is 1. The molecule has 2 aromatic rings. The SMILES string of the molecule is CCc1ccc([C@H](C)NC(=O)CN(c2ccc(Cl)c(Cl)c2)S(C)(=O)=O)cc1. The summed E-state index contributed by atoms with van der Waals surface area (Å²) in [6, 6.07) is 12.1. The van der Waals surface area contributed by atoms with Gasteiger partial charge in [0, 0.05) is 0 Å². The van der Waals surface area contributed by atoms with E-state index in [0.29, 0.717) is 5.02 Å². The minimum absolute atomic E-state index is 0.215. The van der Waals surface area contributed by atoms with Crippen LogP contribution >= 0.6 is 23.2 Å². The van der Waals surface area contributed by atoms with Crippen LogP contribution in [0.2, 0.25) is 10.0 Å². The highest BCUT2D eigenvalue weighted by Crippen LogP contribution is 2.28. The Bertz CT molecular complexity index is 915. The van der Waals surface area contributed by atoms with Gasteiger partial charge < -0.3 is 5.32 Å². The largest absolute Gasteiger partial charge is 0.348 e. The summed E-state index contributed by atoms with van der Waals surface area (Å²) in [5.74, 6) is -0.418. The van der Waals surface area contributed by atoms with Gasteiger partial charge >= 0.3 is 0 Å². The van der Waals surface area contributed by atoms with E-state index >= 15 is 0 Å². The zero-order valence-electron chi connectivity index (χ0n) is 15.4. The molecule has 5 nitrogen and oxygen atoms in total. The Balaban J connectivity index is 2.14. The molecule has 0 aliphatic carbocycles. The Labute approximate surface area is 170 Å². The minimum atomic E-state index is -3.68. The first-order valence-corrected chi connectivity index (χ1v) is 11.0. The molecule has 0 aromatic heterocycles. The smallest absolute Gasteiger partial charge is 0.241 e. The molecule has 1 amide bonds. The van der Waals surface area contributed by atoms with Crippen molar-refractivity contribution in [2.24, 2.45) is 0 Å². The number of rotatable bonds is 7. The summed E-state index contributed by atoms with van der Waals surface area (Å²) in [4.78, 5) is 12.5. The van der Waals surface area contributed by atoms with Crippen LogP contribution in [0.15, 0.2) is 42.5 Å².